The third-order valence-corrected chi connectivity index (χ3v) is 14.5. The molecule has 0 saturated carbocycles. The normalized spacial score (nSPS) is 13.3. The third kappa shape index (κ3) is 20.0. The summed E-state index contributed by atoms with van der Waals surface area (Å²) in [5, 5.41) is 22.8. The highest BCUT2D eigenvalue weighted by molar-refractivity contribution is 8.57. The van der Waals surface area contributed by atoms with Crippen molar-refractivity contribution in [2.75, 3.05) is 46.9 Å². The molecule has 0 bridgehead atoms. The molecule has 4 aromatic rings. The number of aliphatic hydroxyl groups excluding tert-OH is 1. The van der Waals surface area contributed by atoms with Crippen molar-refractivity contribution in [2.24, 2.45) is 0 Å². The standard InChI is InChI=1S/C13H16O3.C12H11NO2.C10H14NO6P.C10H19O7PS/c1-4-11(14)15-10-7-5-6-9-8-13(2,3)16-12(9)10;1-13-12(14)15-11-8-4-6-9-5-2-3-7-10(9)11;1-3-15-18(14,16-4-2)17-10-7-5-9(6-8-10)11(12)13;1-4-16-9(12)6-8(10(13)17-5-2)19-18(14,7-11)15-3/h5-7H,4,8H2,1-3H3;2-8H,1H3,(H,13,14);5-8H,3-4H2,1-2H3;8,11H,4-7H2,1-3H3. The minimum atomic E-state index is -3.65. The number of aliphatic hydroxyl groups is 1. The highest BCUT2D eigenvalue weighted by atomic mass is 32.7. The summed E-state index contributed by atoms with van der Waals surface area (Å²) < 4.78 is 69.3. The van der Waals surface area contributed by atoms with Crippen molar-refractivity contribution in [1.82, 2.24) is 5.32 Å². The van der Waals surface area contributed by atoms with Crippen LogP contribution in [0.1, 0.15) is 66.9 Å². The quantitative estimate of drug-likeness (QED) is 0.0291. The highest BCUT2D eigenvalue weighted by Gasteiger charge is 2.35. The van der Waals surface area contributed by atoms with Gasteiger partial charge in [0.25, 0.3) is 12.3 Å². The van der Waals surface area contributed by atoms with E-state index in [1.165, 1.54) is 31.3 Å². The third-order valence-electron chi connectivity index (χ3n) is 8.51. The van der Waals surface area contributed by atoms with Crippen LogP contribution in [-0.4, -0.2) is 91.8 Å². The highest BCUT2D eigenvalue weighted by Crippen LogP contribution is 2.60. The van der Waals surface area contributed by atoms with Crippen molar-refractivity contribution in [3.63, 3.8) is 0 Å². The number of rotatable bonds is 19. The number of para-hydroxylation sites is 1. The van der Waals surface area contributed by atoms with Crippen molar-refractivity contribution < 1.29 is 80.1 Å². The molecular weight excluding hydrogens is 951 g/mol. The van der Waals surface area contributed by atoms with E-state index < -0.39 is 48.9 Å². The molecule has 1 amide bonds. The number of esters is 3. The second kappa shape index (κ2) is 29.4. The minimum Gasteiger partial charge on any atom is -0.483 e. The number of nitro groups is 1. The average molecular weight is 1010 g/mol. The molecule has 1 heterocycles. The van der Waals surface area contributed by atoms with E-state index in [0.717, 1.165) is 29.9 Å². The summed E-state index contributed by atoms with van der Waals surface area (Å²) in [6, 6.07) is 24.2. The van der Waals surface area contributed by atoms with Gasteiger partial charge in [-0.3, -0.25) is 38.1 Å². The number of phosphoric acid groups is 1. The maximum atomic E-state index is 12.0. The number of non-ortho nitro benzene ring substituents is 1. The Labute approximate surface area is 399 Å². The van der Waals surface area contributed by atoms with Crippen molar-refractivity contribution in [3.8, 4) is 23.0 Å². The van der Waals surface area contributed by atoms with E-state index in [1.54, 1.807) is 46.8 Å². The van der Waals surface area contributed by atoms with Gasteiger partial charge in [0.1, 0.15) is 28.7 Å². The van der Waals surface area contributed by atoms with Crippen molar-refractivity contribution in [1.29, 1.82) is 0 Å². The lowest BCUT2D eigenvalue weighted by atomic mass is 10.0. The van der Waals surface area contributed by atoms with Crippen LogP contribution < -0.4 is 24.1 Å². The van der Waals surface area contributed by atoms with E-state index in [2.05, 4.69) is 5.32 Å². The largest absolute Gasteiger partial charge is 0.530 e. The molecule has 68 heavy (non-hydrogen) atoms. The molecule has 374 valence electrons. The predicted octanol–water partition coefficient (Wildman–Crippen LogP) is 9.82. The molecule has 2 atom stereocenters. The minimum absolute atomic E-state index is 0.0787. The molecule has 0 spiro atoms. The Morgan fingerprint density at radius 3 is 1.99 bits per heavy atom. The number of nitrogens with zero attached hydrogens (tertiary/aromatic N) is 1. The number of hydrogen-bond acceptors (Lipinski definition) is 19. The van der Waals surface area contributed by atoms with Gasteiger partial charge < -0.3 is 43.2 Å². The number of ether oxygens (including phenoxy) is 5. The lowest BCUT2D eigenvalue weighted by molar-refractivity contribution is -0.384. The van der Waals surface area contributed by atoms with E-state index in [9.17, 15) is 38.4 Å². The van der Waals surface area contributed by atoms with Crippen LogP contribution in [0.2, 0.25) is 0 Å². The van der Waals surface area contributed by atoms with Crippen molar-refractivity contribution >= 4 is 66.2 Å². The SMILES string of the molecule is CCC(=O)Oc1cccc2c1OC(C)(C)C2.CCOC(=O)CC(SP(=O)(CO)OC)C(=O)OCC.CCOP(=O)(OCC)Oc1ccc([N+](=O)[O-])cc1.CNC(=O)Oc1cccc2ccccc12. The Kier molecular flexibility index (Phi) is 25.3. The van der Waals surface area contributed by atoms with Crippen LogP contribution in [0.25, 0.3) is 10.8 Å². The number of nitrogens with one attached hydrogen (secondary N) is 1. The second-order valence-corrected chi connectivity index (χ2v) is 20.7. The van der Waals surface area contributed by atoms with Gasteiger partial charge in [-0.05, 0) is 71.2 Å². The van der Waals surface area contributed by atoms with Gasteiger partial charge in [0.15, 0.2) is 11.5 Å². The van der Waals surface area contributed by atoms with Crippen LogP contribution in [0, 0.1) is 10.1 Å². The number of carbonyl (C=O) groups excluding carboxylic acids is 4. The summed E-state index contributed by atoms with van der Waals surface area (Å²) in [6.45, 7) is 9.63. The molecule has 0 aromatic heterocycles. The van der Waals surface area contributed by atoms with Gasteiger partial charge in [-0.2, -0.15) is 0 Å². The van der Waals surface area contributed by atoms with Gasteiger partial charge in [0.05, 0.1) is 37.8 Å². The molecule has 4 aromatic carbocycles. The number of carbonyl (C=O) groups is 4. The molecule has 0 fully saturated rings. The second-order valence-electron chi connectivity index (χ2n) is 14.1. The smallest absolute Gasteiger partial charge is 0.483 e. The van der Waals surface area contributed by atoms with Gasteiger partial charge in [0.2, 0.25) is 0 Å². The zero-order chi connectivity index (χ0) is 50.9. The molecule has 1 aliphatic rings. The number of benzene rings is 4. The summed E-state index contributed by atoms with van der Waals surface area (Å²) >= 11 is 0.602. The predicted molar refractivity (Wildman–Crippen MR) is 255 cm³/mol. The Balaban J connectivity index is 0.000000312. The van der Waals surface area contributed by atoms with Crippen LogP contribution in [-0.2, 0) is 53.0 Å². The Bertz CT molecular complexity index is 2340. The maximum Gasteiger partial charge on any atom is 0.530 e. The summed E-state index contributed by atoms with van der Waals surface area (Å²) in [5.41, 5.74) is 0.813. The molecule has 5 rings (SSSR count). The number of hydrogen-bond donors (Lipinski definition) is 2. The van der Waals surface area contributed by atoms with E-state index in [4.69, 9.17) is 46.9 Å². The first-order valence-electron chi connectivity index (χ1n) is 21.2. The summed E-state index contributed by atoms with van der Waals surface area (Å²) in [4.78, 5) is 55.4. The van der Waals surface area contributed by atoms with Crippen LogP contribution in [0.3, 0.4) is 0 Å². The maximum absolute atomic E-state index is 12.0. The van der Waals surface area contributed by atoms with Crippen LogP contribution >= 0.6 is 25.8 Å². The molecule has 0 saturated heterocycles. The van der Waals surface area contributed by atoms with Gasteiger partial charge in [-0.25, -0.2) is 9.36 Å². The Hall–Kier alpha value is -5.53. The lowest BCUT2D eigenvalue weighted by Gasteiger charge is -2.19. The number of fused-ring (bicyclic) bond motifs is 2. The lowest BCUT2D eigenvalue weighted by Crippen LogP contribution is -2.24. The fraction of sp³-hybridized carbons (Fsp3) is 0.422. The summed E-state index contributed by atoms with van der Waals surface area (Å²) in [5.74, 6) is 0.490. The first kappa shape index (κ1) is 58.6. The molecule has 2 N–H and O–H groups in total. The van der Waals surface area contributed by atoms with Crippen LogP contribution in [0.15, 0.2) is 84.9 Å². The molecule has 0 radical (unpaired) electrons. The molecule has 0 aliphatic carbocycles. The van der Waals surface area contributed by atoms with Crippen molar-refractivity contribution in [3.05, 3.63) is 101 Å². The fourth-order valence-electron chi connectivity index (χ4n) is 5.56. The van der Waals surface area contributed by atoms with E-state index in [1.807, 2.05) is 62.4 Å². The van der Waals surface area contributed by atoms with Crippen LogP contribution in [0.5, 0.6) is 23.0 Å². The summed E-state index contributed by atoms with van der Waals surface area (Å²) in [7, 11) is -0.951. The molecule has 2 unspecified atom stereocenters. The van der Waals surface area contributed by atoms with Crippen LogP contribution in [0.4, 0.5) is 10.5 Å². The number of phosphoric ester groups is 1. The van der Waals surface area contributed by atoms with Gasteiger partial charge in [-0.1, -0.05) is 66.8 Å². The first-order valence-corrected chi connectivity index (χ1v) is 26.0. The number of nitro benzene ring substituents is 1. The van der Waals surface area contributed by atoms with E-state index in [-0.39, 0.29) is 55.9 Å². The van der Waals surface area contributed by atoms with E-state index >= 15 is 0 Å². The average Bonchev–Trinajstić information content (AvgIpc) is 3.64. The number of amides is 1. The van der Waals surface area contributed by atoms with Gasteiger partial charge >= 0.3 is 31.8 Å². The summed E-state index contributed by atoms with van der Waals surface area (Å²) in [6.07, 6.45) is -0.254. The monoisotopic (exact) mass is 1010 g/mol. The molecule has 1 aliphatic heterocycles. The van der Waals surface area contributed by atoms with Crippen molar-refractivity contribution in [2.45, 2.75) is 78.6 Å². The van der Waals surface area contributed by atoms with E-state index in [0.29, 0.717) is 35.1 Å². The molecule has 20 nitrogen and oxygen atoms in total. The topological polar surface area (TPSA) is 261 Å². The Morgan fingerprint density at radius 1 is 0.824 bits per heavy atom. The Morgan fingerprint density at radius 2 is 1.43 bits per heavy atom. The fourth-order valence-corrected chi connectivity index (χ4v) is 9.88. The molecule has 23 heteroatoms. The van der Waals surface area contributed by atoms with Gasteiger partial charge in [-0.15, -0.1) is 0 Å². The van der Waals surface area contributed by atoms with Gasteiger partial charge in [0, 0.05) is 50.1 Å². The zero-order valence-electron chi connectivity index (χ0n) is 39.5. The molecular formula is C45H60N2O18P2S. The first-order chi connectivity index (χ1) is 32.2. The zero-order valence-corrected chi connectivity index (χ0v) is 42.1.